The Kier molecular flexibility index (Phi) is 9.08. The number of oxazole rings is 1. The number of ether oxygens (including phenoxy) is 2. The van der Waals surface area contributed by atoms with Gasteiger partial charge in [0, 0.05) is 44.8 Å². The zero-order valence-corrected chi connectivity index (χ0v) is 23.0. The van der Waals surface area contributed by atoms with Crippen molar-refractivity contribution in [1.29, 1.82) is 0 Å². The third-order valence-electron chi connectivity index (χ3n) is 7.39. The SMILES string of the molecule is COc1ccc(CCc2oc(=O)n(CCCN3CCN(c4ccccc4)CC3)c2O)cc1OCc1ccccc1. The van der Waals surface area contributed by atoms with Crippen LogP contribution in [-0.2, 0) is 26.0 Å². The number of hydrogen-bond acceptors (Lipinski definition) is 7. The number of aromatic hydroxyl groups is 1. The van der Waals surface area contributed by atoms with Gasteiger partial charge in [-0.1, -0.05) is 54.6 Å². The Morgan fingerprint density at radius 1 is 0.825 bits per heavy atom. The second-order valence-corrected chi connectivity index (χ2v) is 10.0. The molecule has 0 unspecified atom stereocenters. The maximum atomic E-state index is 12.5. The van der Waals surface area contributed by atoms with Gasteiger partial charge in [0.05, 0.1) is 7.11 Å². The molecule has 40 heavy (non-hydrogen) atoms. The highest BCUT2D eigenvalue weighted by Gasteiger charge is 2.19. The summed E-state index contributed by atoms with van der Waals surface area (Å²) in [6, 6.07) is 26.2. The van der Waals surface area contributed by atoms with E-state index in [-0.39, 0.29) is 5.88 Å². The highest BCUT2D eigenvalue weighted by Crippen LogP contribution is 2.30. The molecule has 1 aromatic heterocycles. The third kappa shape index (κ3) is 6.87. The van der Waals surface area contributed by atoms with Crippen LogP contribution < -0.4 is 20.1 Å². The minimum atomic E-state index is -0.511. The van der Waals surface area contributed by atoms with Crippen molar-refractivity contribution >= 4 is 5.69 Å². The van der Waals surface area contributed by atoms with Crippen LogP contribution in [0.15, 0.2) is 88.1 Å². The summed E-state index contributed by atoms with van der Waals surface area (Å²) in [7, 11) is 1.62. The molecule has 3 aromatic carbocycles. The van der Waals surface area contributed by atoms with Gasteiger partial charge in [-0.3, -0.25) is 4.90 Å². The molecule has 8 heteroatoms. The second-order valence-electron chi connectivity index (χ2n) is 10.0. The maximum absolute atomic E-state index is 12.5. The van der Waals surface area contributed by atoms with Crippen LogP contribution in [0.25, 0.3) is 0 Å². The molecule has 5 rings (SSSR count). The molecule has 0 amide bonds. The van der Waals surface area contributed by atoms with E-state index in [2.05, 4.69) is 34.1 Å². The molecule has 0 radical (unpaired) electrons. The molecule has 1 saturated heterocycles. The molecule has 210 valence electrons. The first-order valence-corrected chi connectivity index (χ1v) is 13.9. The number of para-hydroxylation sites is 1. The van der Waals surface area contributed by atoms with Gasteiger partial charge >= 0.3 is 5.76 Å². The fraction of sp³-hybridized carbons (Fsp3) is 0.344. The van der Waals surface area contributed by atoms with Crippen molar-refractivity contribution in [2.75, 3.05) is 44.7 Å². The average molecular weight is 544 g/mol. The van der Waals surface area contributed by atoms with Crippen LogP contribution in [0.5, 0.6) is 17.4 Å². The summed E-state index contributed by atoms with van der Waals surface area (Å²) in [6.45, 7) is 5.64. The summed E-state index contributed by atoms with van der Waals surface area (Å²) in [5.41, 5.74) is 3.32. The number of piperazine rings is 1. The molecular formula is C32H37N3O5. The van der Waals surface area contributed by atoms with Crippen molar-refractivity contribution in [3.05, 3.63) is 106 Å². The van der Waals surface area contributed by atoms with Gasteiger partial charge in [0.2, 0.25) is 5.88 Å². The number of rotatable bonds is 12. The molecule has 1 aliphatic heterocycles. The normalized spacial score (nSPS) is 13.9. The van der Waals surface area contributed by atoms with Crippen LogP contribution in [0.4, 0.5) is 5.69 Å². The first kappa shape index (κ1) is 27.4. The predicted molar refractivity (Wildman–Crippen MR) is 156 cm³/mol. The summed E-state index contributed by atoms with van der Waals surface area (Å²) in [5, 5.41) is 10.7. The molecule has 0 saturated carbocycles. The number of aromatic nitrogens is 1. The van der Waals surface area contributed by atoms with E-state index in [1.807, 2.05) is 54.6 Å². The number of methoxy groups -OCH3 is 1. The number of hydrogen-bond donors (Lipinski definition) is 1. The van der Waals surface area contributed by atoms with Gasteiger partial charge in [-0.25, -0.2) is 9.36 Å². The topological polar surface area (TPSA) is 80.3 Å². The Bertz CT molecular complexity index is 1410. The van der Waals surface area contributed by atoms with Gasteiger partial charge in [-0.2, -0.15) is 0 Å². The smallest absolute Gasteiger partial charge is 0.422 e. The quantitative estimate of drug-likeness (QED) is 0.277. The molecule has 1 fully saturated rings. The molecule has 0 bridgehead atoms. The first-order chi connectivity index (χ1) is 19.6. The van der Waals surface area contributed by atoms with E-state index in [9.17, 15) is 9.90 Å². The fourth-order valence-corrected chi connectivity index (χ4v) is 5.11. The standard InChI is InChI=1S/C32H37N3O5/c1-38-28-15-13-25(23-30(28)39-24-26-9-4-2-5-10-26)14-16-29-31(36)35(32(37)40-29)18-8-17-33-19-21-34(22-20-33)27-11-6-3-7-12-27/h2-7,9-13,15,23,36H,8,14,16-22,24H2,1H3. The molecule has 0 aliphatic carbocycles. The van der Waals surface area contributed by atoms with E-state index in [4.69, 9.17) is 13.9 Å². The largest absolute Gasteiger partial charge is 0.493 e. The van der Waals surface area contributed by atoms with Crippen molar-refractivity contribution < 1.29 is 19.0 Å². The summed E-state index contributed by atoms with van der Waals surface area (Å²) in [5.74, 6) is 1.03. The average Bonchev–Trinajstić information content (AvgIpc) is 3.28. The Labute approximate surface area is 235 Å². The van der Waals surface area contributed by atoms with Gasteiger partial charge < -0.3 is 23.9 Å². The monoisotopic (exact) mass is 543 g/mol. The Morgan fingerprint density at radius 3 is 2.27 bits per heavy atom. The number of aryl methyl sites for hydroxylation is 2. The van der Waals surface area contributed by atoms with Crippen molar-refractivity contribution in [3.63, 3.8) is 0 Å². The van der Waals surface area contributed by atoms with Crippen LogP contribution in [0.2, 0.25) is 0 Å². The van der Waals surface area contributed by atoms with E-state index in [1.165, 1.54) is 10.3 Å². The van der Waals surface area contributed by atoms with Gasteiger partial charge in [-0.05, 0) is 54.8 Å². The zero-order chi connectivity index (χ0) is 27.7. The molecule has 4 aromatic rings. The van der Waals surface area contributed by atoms with E-state index >= 15 is 0 Å². The van der Waals surface area contributed by atoms with Crippen LogP contribution in [-0.4, -0.2) is 54.4 Å². The number of nitrogens with zero attached hydrogens (tertiary/aromatic N) is 3. The molecule has 0 spiro atoms. The van der Waals surface area contributed by atoms with Crippen molar-refractivity contribution in [3.8, 4) is 17.4 Å². The Hall–Kier alpha value is -4.17. The van der Waals surface area contributed by atoms with Crippen LogP contribution >= 0.6 is 0 Å². The number of benzene rings is 3. The van der Waals surface area contributed by atoms with Crippen molar-refractivity contribution in [2.45, 2.75) is 32.4 Å². The molecule has 0 atom stereocenters. The van der Waals surface area contributed by atoms with Gasteiger partial charge in [0.25, 0.3) is 0 Å². The predicted octanol–water partition coefficient (Wildman–Crippen LogP) is 4.73. The van der Waals surface area contributed by atoms with E-state index in [0.717, 1.165) is 50.3 Å². The highest BCUT2D eigenvalue weighted by atomic mass is 16.5. The van der Waals surface area contributed by atoms with Gasteiger partial charge in [0.1, 0.15) is 6.61 Å². The highest BCUT2D eigenvalue weighted by molar-refractivity contribution is 5.46. The van der Waals surface area contributed by atoms with Crippen molar-refractivity contribution in [2.24, 2.45) is 0 Å². The fourth-order valence-electron chi connectivity index (χ4n) is 5.11. The Morgan fingerprint density at radius 2 is 1.55 bits per heavy atom. The lowest BCUT2D eigenvalue weighted by atomic mass is 10.1. The van der Waals surface area contributed by atoms with Crippen molar-refractivity contribution in [1.82, 2.24) is 9.47 Å². The zero-order valence-electron chi connectivity index (χ0n) is 23.0. The molecule has 1 aliphatic rings. The molecular weight excluding hydrogens is 506 g/mol. The summed E-state index contributed by atoms with van der Waals surface area (Å²) >= 11 is 0. The first-order valence-electron chi connectivity index (χ1n) is 13.9. The minimum absolute atomic E-state index is 0.0760. The van der Waals surface area contributed by atoms with Crippen LogP contribution in [0, 0.1) is 0 Å². The van der Waals surface area contributed by atoms with Crippen LogP contribution in [0.3, 0.4) is 0 Å². The molecule has 1 N–H and O–H groups in total. The minimum Gasteiger partial charge on any atom is -0.493 e. The van der Waals surface area contributed by atoms with E-state index in [0.29, 0.717) is 43.3 Å². The van der Waals surface area contributed by atoms with Gasteiger partial charge in [-0.15, -0.1) is 0 Å². The molecule has 8 nitrogen and oxygen atoms in total. The lowest BCUT2D eigenvalue weighted by molar-refractivity contribution is 0.247. The van der Waals surface area contributed by atoms with Crippen LogP contribution in [0.1, 0.15) is 23.3 Å². The van der Waals surface area contributed by atoms with E-state index < -0.39 is 5.76 Å². The lowest BCUT2D eigenvalue weighted by Crippen LogP contribution is -2.46. The molecule has 2 heterocycles. The lowest BCUT2D eigenvalue weighted by Gasteiger charge is -2.36. The van der Waals surface area contributed by atoms with Gasteiger partial charge in [0.15, 0.2) is 17.3 Å². The Balaban J connectivity index is 1.12. The maximum Gasteiger partial charge on any atom is 0.422 e. The number of anilines is 1. The van der Waals surface area contributed by atoms with E-state index in [1.54, 1.807) is 7.11 Å². The summed E-state index contributed by atoms with van der Waals surface area (Å²) < 4.78 is 18.3. The summed E-state index contributed by atoms with van der Waals surface area (Å²) in [4.78, 5) is 17.3. The third-order valence-corrected chi connectivity index (χ3v) is 7.39. The summed E-state index contributed by atoms with van der Waals surface area (Å²) in [6.07, 6.45) is 1.75. The second kappa shape index (κ2) is 13.3.